The highest BCUT2D eigenvalue weighted by atomic mass is 79.9. The summed E-state index contributed by atoms with van der Waals surface area (Å²) in [4.78, 5) is 41.0. The van der Waals surface area contributed by atoms with Crippen molar-refractivity contribution in [3.05, 3.63) is 116 Å². The average molecular weight is 672 g/mol. The fourth-order valence-electron chi connectivity index (χ4n) is 4.61. The number of anilines is 2. The number of fused-ring (bicyclic) bond motifs is 1. The molecule has 0 aliphatic heterocycles. The minimum atomic E-state index is -0.488. The van der Waals surface area contributed by atoms with Gasteiger partial charge in [0.05, 0.1) is 11.3 Å². The Hall–Kier alpha value is -4.17. The van der Waals surface area contributed by atoms with Crippen molar-refractivity contribution in [1.82, 2.24) is 5.32 Å². The molecule has 0 saturated heterocycles. The molecule has 5 rings (SSSR count). The van der Waals surface area contributed by atoms with Gasteiger partial charge in [-0.1, -0.05) is 52.3 Å². The zero-order valence-corrected chi connectivity index (χ0v) is 26.2. The Labute approximate surface area is 266 Å². The van der Waals surface area contributed by atoms with Gasteiger partial charge in [-0.05, 0) is 85.4 Å². The number of amides is 3. The van der Waals surface area contributed by atoms with Crippen LogP contribution in [0.4, 0.5) is 10.7 Å². The van der Waals surface area contributed by atoms with E-state index in [-0.39, 0.29) is 17.4 Å². The van der Waals surface area contributed by atoms with Crippen LogP contribution in [0.2, 0.25) is 0 Å². The number of thioether (sulfide) groups is 1. The molecule has 0 fully saturated rings. The van der Waals surface area contributed by atoms with Gasteiger partial charge in [0, 0.05) is 25.5 Å². The van der Waals surface area contributed by atoms with Gasteiger partial charge in [0.25, 0.3) is 11.8 Å². The number of carbonyl (C=O) groups is 3. The van der Waals surface area contributed by atoms with E-state index in [1.807, 2.05) is 36.4 Å². The quantitative estimate of drug-likeness (QED) is 0.127. The summed E-state index contributed by atoms with van der Waals surface area (Å²) >= 11 is 6.24. The van der Waals surface area contributed by atoms with E-state index in [1.165, 1.54) is 28.0 Å². The molecule has 0 radical (unpaired) electrons. The molecule has 1 aliphatic carbocycles. The number of carbonyl (C=O) groups excluding carboxylic acids is 3. The Kier molecular flexibility index (Phi) is 10.1. The van der Waals surface area contributed by atoms with Gasteiger partial charge < -0.3 is 16.0 Å². The van der Waals surface area contributed by atoms with E-state index in [1.54, 1.807) is 48.5 Å². The van der Waals surface area contributed by atoms with Crippen molar-refractivity contribution in [3.8, 4) is 6.07 Å². The molecule has 3 aromatic carbocycles. The van der Waals surface area contributed by atoms with Crippen LogP contribution >= 0.6 is 39.0 Å². The summed E-state index contributed by atoms with van der Waals surface area (Å²) in [5.41, 5.74) is 3.44. The van der Waals surface area contributed by atoms with E-state index in [2.05, 4.69) is 37.9 Å². The van der Waals surface area contributed by atoms with Gasteiger partial charge in [0.15, 0.2) is 0 Å². The lowest BCUT2D eigenvalue weighted by atomic mass is 9.96. The SMILES string of the molecule is N#Cc1c(NC(=O)CSc2cccc(NC(=O)/C(=C\c3ccc(Br)cc3)NC(=O)c3ccccc3)c2)sc2c1CCCC2. The van der Waals surface area contributed by atoms with Crippen LogP contribution in [-0.2, 0) is 22.4 Å². The predicted molar refractivity (Wildman–Crippen MR) is 176 cm³/mol. The Balaban J connectivity index is 1.25. The lowest BCUT2D eigenvalue weighted by molar-refractivity contribution is -0.114. The second-order valence-corrected chi connectivity index (χ2v) is 12.8. The van der Waals surface area contributed by atoms with Crippen molar-refractivity contribution >= 4 is 73.5 Å². The smallest absolute Gasteiger partial charge is 0.272 e. The number of rotatable bonds is 9. The first-order valence-electron chi connectivity index (χ1n) is 13.6. The minimum absolute atomic E-state index is 0.0838. The molecular weight excluding hydrogens is 644 g/mol. The molecule has 0 saturated carbocycles. The largest absolute Gasteiger partial charge is 0.321 e. The van der Waals surface area contributed by atoms with Crippen molar-refractivity contribution in [2.45, 2.75) is 30.6 Å². The predicted octanol–water partition coefficient (Wildman–Crippen LogP) is 7.40. The number of hydrogen-bond donors (Lipinski definition) is 3. The van der Waals surface area contributed by atoms with Gasteiger partial charge in [0.2, 0.25) is 5.91 Å². The molecule has 3 amide bonds. The lowest BCUT2D eigenvalue weighted by Gasteiger charge is -2.12. The Morgan fingerprint density at radius 2 is 1.72 bits per heavy atom. The highest BCUT2D eigenvalue weighted by Crippen LogP contribution is 2.37. The van der Waals surface area contributed by atoms with Crippen molar-refractivity contribution in [1.29, 1.82) is 5.26 Å². The Bertz CT molecular complexity index is 1730. The summed E-state index contributed by atoms with van der Waals surface area (Å²) in [6, 6.07) is 25.5. The molecule has 1 aliphatic rings. The molecule has 43 heavy (non-hydrogen) atoms. The third kappa shape index (κ3) is 8.02. The first-order chi connectivity index (χ1) is 20.9. The normalized spacial score (nSPS) is 12.5. The molecule has 216 valence electrons. The van der Waals surface area contributed by atoms with E-state index in [0.29, 0.717) is 21.8 Å². The summed E-state index contributed by atoms with van der Waals surface area (Å²) in [7, 11) is 0. The third-order valence-corrected chi connectivity index (χ3v) is 9.44. The summed E-state index contributed by atoms with van der Waals surface area (Å²) in [6.45, 7) is 0. The van der Waals surface area contributed by atoms with Gasteiger partial charge in [-0.3, -0.25) is 14.4 Å². The van der Waals surface area contributed by atoms with E-state index >= 15 is 0 Å². The van der Waals surface area contributed by atoms with E-state index in [0.717, 1.165) is 46.2 Å². The molecule has 4 aromatic rings. The monoisotopic (exact) mass is 670 g/mol. The van der Waals surface area contributed by atoms with E-state index in [9.17, 15) is 19.6 Å². The number of benzene rings is 3. The molecule has 0 spiro atoms. The van der Waals surface area contributed by atoms with Crippen molar-refractivity contribution < 1.29 is 14.4 Å². The summed E-state index contributed by atoms with van der Waals surface area (Å²) < 4.78 is 0.895. The van der Waals surface area contributed by atoms with Gasteiger partial charge in [-0.2, -0.15) is 5.26 Å². The van der Waals surface area contributed by atoms with Crippen LogP contribution in [0.15, 0.2) is 93.9 Å². The maximum absolute atomic E-state index is 13.4. The Morgan fingerprint density at radius 1 is 0.953 bits per heavy atom. The van der Waals surface area contributed by atoms with Crippen molar-refractivity contribution in [2.75, 3.05) is 16.4 Å². The van der Waals surface area contributed by atoms with Gasteiger partial charge >= 0.3 is 0 Å². The zero-order chi connectivity index (χ0) is 30.2. The summed E-state index contributed by atoms with van der Waals surface area (Å²) in [5, 5.41) is 18.8. The fraction of sp³-hybridized carbons (Fsp3) is 0.152. The molecule has 10 heteroatoms. The lowest BCUT2D eigenvalue weighted by Crippen LogP contribution is -2.30. The van der Waals surface area contributed by atoms with Crippen molar-refractivity contribution in [2.24, 2.45) is 0 Å². The number of thiophene rings is 1. The molecule has 0 unspecified atom stereocenters. The van der Waals surface area contributed by atoms with Gasteiger partial charge in [0.1, 0.15) is 16.8 Å². The van der Waals surface area contributed by atoms with E-state index < -0.39 is 11.8 Å². The van der Waals surface area contributed by atoms with Crippen LogP contribution in [0.3, 0.4) is 0 Å². The number of hydrogen-bond acceptors (Lipinski definition) is 6. The molecule has 0 atom stereocenters. The van der Waals surface area contributed by atoms with Crippen LogP contribution < -0.4 is 16.0 Å². The number of nitriles is 1. The maximum Gasteiger partial charge on any atom is 0.272 e. The van der Waals surface area contributed by atoms with Crippen LogP contribution in [0.25, 0.3) is 6.08 Å². The first kappa shape index (κ1) is 30.3. The summed E-state index contributed by atoms with van der Waals surface area (Å²) in [6.07, 6.45) is 5.62. The average Bonchev–Trinajstić information content (AvgIpc) is 3.38. The first-order valence-corrected chi connectivity index (χ1v) is 16.2. The van der Waals surface area contributed by atoms with Gasteiger partial charge in [-0.25, -0.2) is 0 Å². The molecule has 3 N–H and O–H groups in total. The topological polar surface area (TPSA) is 111 Å². The summed E-state index contributed by atoms with van der Waals surface area (Å²) in [5.74, 6) is -0.941. The maximum atomic E-state index is 13.4. The fourth-order valence-corrected chi connectivity index (χ4v) is 6.89. The number of aryl methyl sites for hydroxylation is 1. The Morgan fingerprint density at radius 3 is 2.49 bits per heavy atom. The second kappa shape index (κ2) is 14.3. The van der Waals surface area contributed by atoms with Crippen LogP contribution in [0.5, 0.6) is 0 Å². The van der Waals surface area contributed by atoms with Gasteiger partial charge in [-0.15, -0.1) is 23.1 Å². The number of halogens is 1. The highest BCUT2D eigenvalue weighted by molar-refractivity contribution is 9.10. The van der Waals surface area contributed by atoms with Crippen LogP contribution in [0.1, 0.15) is 44.8 Å². The van der Waals surface area contributed by atoms with E-state index in [4.69, 9.17) is 0 Å². The molecular formula is C33H27BrN4O3S2. The van der Waals surface area contributed by atoms with Crippen molar-refractivity contribution in [3.63, 3.8) is 0 Å². The highest BCUT2D eigenvalue weighted by Gasteiger charge is 2.22. The zero-order valence-electron chi connectivity index (χ0n) is 23.0. The molecule has 7 nitrogen and oxygen atoms in total. The third-order valence-electron chi connectivity index (χ3n) is 6.71. The molecule has 0 bridgehead atoms. The molecule has 1 aromatic heterocycles. The second-order valence-electron chi connectivity index (χ2n) is 9.78. The minimum Gasteiger partial charge on any atom is -0.321 e. The molecule has 1 heterocycles. The van der Waals surface area contributed by atoms with Crippen LogP contribution in [-0.4, -0.2) is 23.5 Å². The number of nitrogens with zero attached hydrogens (tertiary/aromatic N) is 1. The standard InChI is InChI=1S/C33H27BrN4O3S2/c34-23-15-13-21(14-16-23)17-28(37-31(40)22-7-2-1-3-8-22)32(41)36-24-9-6-10-25(18-24)42-20-30(39)38-33-27(19-35)26-11-4-5-12-29(26)43-33/h1-3,6-10,13-18H,4-5,11-12,20H2,(H,36,41)(H,37,40)(H,38,39)/b28-17+. The van der Waals surface area contributed by atoms with Crippen LogP contribution in [0, 0.1) is 11.3 Å². The number of nitrogens with one attached hydrogen (secondary N) is 3.